The zero-order valence-electron chi connectivity index (χ0n) is 10.1. The van der Waals surface area contributed by atoms with Gasteiger partial charge in [0.05, 0.1) is 0 Å². The molecule has 2 aromatic heterocycles. The topological polar surface area (TPSA) is 68.0 Å². The smallest absolute Gasteiger partial charge is 0.239 e. The van der Waals surface area contributed by atoms with E-state index in [-0.39, 0.29) is 0 Å². The molecule has 1 amide bonds. The Balaban J connectivity index is 2.08. The number of carbonyl (C=O) groups is 1. The van der Waals surface area contributed by atoms with Crippen molar-refractivity contribution in [1.82, 2.24) is 10.3 Å². The van der Waals surface area contributed by atoms with E-state index in [4.69, 9.17) is 5.73 Å². The fourth-order valence-electron chi connectivity index (χ4n) is 1.65. The van der Waals surface area contributed by atoms with Gasteiger partial charge in [-0.15, -0.1) is 11.3 Å². The van der Waals surface area contributed by atoms with Crippen LogP contribution in [0.15, 0.2) is 35.8 Å². The van der Waals surface area contributed by atoms with Crippen molar-refractivity contribution in [1.29, 1.82) is 0 Å². The van der Waals surface area contributed by atoms with Crippen molar-refractivity contribution in [3.05, 3.63) is 52.0 Å². The largest absolute Gasteiger partial charge is 0.368 e. The molecule has 1 unspecified atom stereocenters. The highest BCUT2D eigenvalue weighted by Crippen LogP contribution is 2.14. The number of nitrogens with two attached hydrogens (primary N) is 1. The Morgan fingerprint density at radius 2 is 2.33 bits per heavy atom. The molecule has 2 aromatic rings. The Morgan fingerprint density at radius 3 is 2.89 bits per heavy atom. The number of thiophene rings is 1. The molecule has 4 nitrogen and oxygen atoms in total. The summed E-state index contributed by atoms with van der Waals surface area (Å²) >= 11 is 1.64. The van der Waals surface area contributed by atoms with Crippen LogP contribution in [0.2, 0.25) is 0 Å². The van der Waals surface area contributed by atoms with E-state index in [0.717, 1.165) is 11.3 Å². The Kier molecular flexibility index (Phi) is 4.07. The van der Waals surface area contributed by atoms with Crippen LogP contribution in [-0.4, -0.2) is 10.9 Å². The van der Waals surface area contributed by atoms with Crippen LogP contribution in [0.5, 0.6) is 0 Å². The summed E-state index contributed by atoms with van der Waals surface area (Å²) in [6, 6.07) is 7.25. The predicted molar refractivity (Wildman–Crippen MR) is 72.1 cm³/mol. The molecule has 1 atom stereocenters. The van der Waals surface area contributed by atoms with Gasteiger partial charge in [0.15, 0.2) is 0 Å². The van der Waals surface area contributed by atoms with Crippen molar-refractivity contribution in [2.24, 2.45) is 5.73 Å². The molecule has 0 radical (unpaired) electrons. The molecule has 0 aliphatic carbocycles. The zero-order valence-corrected chi connectivity index (χ0v) is 10.9. The first-order valence-corrected chi connectivity index (χ1v) is 6.52. The first-order chi connectivity index (χ1) is 8.66. The molecule has 0 aliphatic rings. The second-order valence-electron chi connectivity index (χ2n) is 4.03. The highest BCUT2D eigenvalue weighted by molar-refractivity contribution is 7.09. The fraction of sp³-hybridized carbons (Fsp3) is 0.231. The van der Waals surface area contributed by atoms with Crippen molar-refractivity contribution in [2.45, 2.75) is 19.5 Å². The van der Waals surface area contributed by atoms with Crippen LogP contribution in [0.25, 0.3) is 0 Å². The van der Waals surface area contributed by atoms with E-state index < -0.39 is 11.9 Å². The Morgan fingerprint density at radius 1 is 1.50 bits per heavy atom. The fourth-order valence-corrected chi connectivity index (χ4v) is 2.30. The quantitative estimate of drug-likeness (QED) is 0.862. The summed E-state index contributed by atoms with van der Waals surface area (Å²) in [7, 11) is 0. The second-order valence-corrected chi connectivity index (χ2v) is 5.06. The van der Waals surface area contributed by atoms with E-state index in [1.165, 1.54) is 4.88 Å². The minimum atomic E-state index is -0.500. The second kappa shape index (κ2) is 5.75. The summed E-state index contributed by atoms with van der Waals surface area (Å²) < 4.78 is 0. The van der Waals surface area contributed by atoms with Gasteiger partial charge in [-0.2, -0.15) is 0 Å². The lowest BCUT2D eigenvalue weighted by Gasteiger charge is -2.15. The molecule has 0 saturated carbocycles. The summed E-state index contributed by atoms with van der Waals surface area (Å²) in [4.78, 5) is 16.8. The van der Waals surface area contributed by atoms with E-state index in [0.29, 0.717) is 6.54 Å². The number of hydrogen-bond acceptors (Lipinski definition) is 4. The van der Waals surface area contributed by atoms with E-state index in [1.54, 1.807) is 17.5 Å². The van der Waals surface area contributed by atoms with Crippen LogP contribution in [-0.2, 0) is 11.3 Å². The van der Waals surface area contributed by atoms with E-state index in [9.17, 15) is 4.79 Å². The number of carbonyl (C=O) groups excluding carboxylic acids is 1. The molecule has 5 heteroatoms. The van der Waals surface area contributed by atoms with Gasteiger partial charge in [0.1, 0.15) is 6.04 Å². The number of pyridine rings is 1. The standard InChI is InChI=1S/C13H15N3OS/c1-9-4-5-10(7-15-9)12(13(14)17)16-8-11-3-2-6-18-11/h2-7,12,16H,8H2,1H3,(H2,14,17). The van der Waals surface area contributed by atoms with E-state index >= 15 is 0 Å². The molecule has 18 heavy (non-hydrogen) atoms. The molecule has 0 bridgehead atoms. The zero-order chi connectivity index (χ0) is 13.0. The normalized spacial score (nSPS) is 12.3. The number of hydrogen-bond donors (Lipinski definition) is 2. The maximum Gasteiger partial charge on any atom is 0.239 e. The molecule has 0 saturated heterocycles. The molecule has 94 valence electrons. The predicted octanol–water partition coefficient (Wildman–Crippen LogP) is 1.77. The van der Waals surface area contributed by atoms with Gasteiger partial charge in [0.2, 0.25) is 5.91 Å². The molecule has 2 rings (SSSR count). The van der Waals surface area contributed by atoms with Gasteiger partial charge in [-0.1, -0.05) is 12.1 Å². The van der Waals surface area contributed by atoms with Gasteiger partial charge in [0.25, 0.3) is 0 Å². The van der Waals surface area contributed by atoms with Crippen molar-refractivity contribution in [3.8, 4) is 0 Å². The number of nitrogens with zero attached hydrogens (tertiary/aromatic N) is 1. The van der Waals surface area contributed by atoms with Gasteiger partial charge in [-0.25, -0.2) is 0 Å². The molecule has 2 heterocycles. The third kappa shape index (κ3) is 3.15. The van der Waals surface area contributed by atoms with Crippen LogP contribution in [0.3, 0.4) is 0 Å². The van der Waals surface area contributed by atoms with Gasteiger partial charge in [0, 0.05) is 23.3 Å². The van der Waals surface area contributed by atoms with Gasteiger partial charge < -0.3 is 5.73 Å². The van der Waals surface area contributed by atoms with Crippen molar-refractivity contribution < 1.29 is 4.79 Å². The summed E-state index contributed by atoms with van der Waals surface area (Å²) in [6.07, 6.45) is 1.69. The Labute approximate surface area is 110 Å². The number of amides is 1. The number of primary amides is 1. The van der Waals surface area contributed by atoms with Crippen LogP contribution in [0.4, 0.5) is 0 Å². The van der Waals surface area contributed by atoms with Crippen molar-refractivity contribution in [2.75, 3.05) is 0 Å². The minimum absolute atomic E-state index is 0.391. The molecule has 0 aromatic carbocycles. The number of nitrogens with one attached hydrogen (secondary N) is 1. The molecular formula is C13H15N3OS. The lowest BCUT2D eigenvalue weighted by Crippen LogP contribution is -2.33. The van der Waals surface area contributed by atoms with Gasteiger partial charge in [-0.3, -0.25) is 15.1 Å². The maximum absolute atomic E-state index is 11.5. The summed E-state index contributed by atoms with van der Waals surface area (Å²) in [5.74, 6) is -0.391. The van der Waals surface area contributed by atoms with E-state index in [1.807, 2.05) is 36.6 Å². The van der Waals surface area contributed by atoms with Gasteiger partial charge in [-0.05, 0) is 30.0 Å². The van der Waals surface area contributed by atoms with Crippen LogP contribution < -0.4 is 11.1 Å². The first kappa shape index (κ1) is 12.7. The number of aromatic nitrogens is 1. The van der Waals surface area contributed by atoms with Gasteiger partial charge >= 0.3 is 0 Å². The maximum atomic E-state index is 11.5. The molecular weight excluding hydrogens is 246 g/mol. The molecule has 0 aliphatic heterocycles. The summed E-state index contributed by atoms with van der Waals surface area (Å²) in [6.45, 7) is 2.53. The monoisotopic (exact) mass is 261 g/mol. The average molecular weight is 261 g/mol. The number of aryl methyl sites for hydroxylation is 1. The summed E-state index contributed by atoms with van der Waals surface area (Å²) in [5, 5.41) is 5.16. The summed E-state index contributed by atoms with van der Waals surface area (Å²) in [5.41, 5.74) is 7.13. The Hall–Kier alpha value is -1.72. The minimum Gasteiger partial charge on any atom is -0.368 e. The van der Waals surface area contributed by atoms with Crippen LogP contribution in [0.1, 0.15) is 22.2 Å². The Bertz CT molecular complexity index is 508. The van der Waals surface area contributed by atoms with Crippen molar-refractivity contribution in [3.63, 3.8) is 0 Å². The van der Waals surface area contributed by atoms with E-state index in [2.05, 4.69) is 10.3 Å². The lowest BCUT2D eigenvalue weighted by molar-refractivity contribution is -0.120. The first-order valence-electron chi connectivity index (χ1n) is 5.64. The SMILES string of the molecule is Cc1ccc(C(NCc2cccs2)C(N)=O)cn1. The third-order valence-corrected chi connectivity index (χ3v) is 3.49. The average Bonchev–Trinajstić information content (AvgIpc) is 2.84. The van der Waals surface area contributed by atoms with Crippen LogP contribution in [0, 0.1) is 6.92 Å². The highest BCUT2D eigenvalue weighted by atomic mass is 32.1. The highest BCUT2D eigenvalue weighted by Gasteiger charge is 2.17. The number of rotatable bonds is 5. The lowest BCUT2D eigenvalue weighted by atomic mass is 10.1. The van der Waals surface area contributed by atoms with Crippen molar-refractivity contribution >= 4 is 17.2 Å². The molecule has 0 fully saturated rings. The van der Waals surface area contributed by atoms with Crippen LogP contribution >= 0.6 is 11.3 Å². The molecule has 0 spiro atoms. The third-order valence-electron chi connectivity index (χ3n) is 2.61. The molecule has 3 N–H and O–H groups in total.